The lowest BCUT2D eigenvalue weighted by molar-refractivity contribution is -0.0312. The Morgan fingerprint density at radius 3 is 2.88 bits per heavy atom. The summed E-state index contributed by atoms with van der Waals surface area (Å²) in [4.78, 5) is 3.80. The Labute approximate surface area is 90.5 Å². The molecule has 0 aliphatic rings. The van der Waals surface area contributed by atoms with E-state index in [9.17, 15) is 0 Å². The topological polar surface area (TPSA) is 106 Å². The van der Waals surface area contributed by atoms with E-state index in [1.807, 2.05) is 0 Å². The van der Waals surface area contributed by atoms with Crippen molar-refractivity contribution in [3.8, 4) is 0 Å². The van der Waals surface area contributed by atoms with Crippen molar-refractivity contribution in [2.24, 2.45) is 0 Å². The summed E-state index contributed by atoms with van der Waals surface area (Å²) in [5, 5.41) is 29.3. The number of nitrogens with zero attached hydrogens (tertiary/aromatic N) is 5. The van der Waals surface area contributed by atoms with Gasteiger partial charge in [-0.1, -0.05) is 0 Å². The van der Waals surface area contributed by atoms with Crippen LogP contribution in [0.2, 0.25) is 0 Å². The van der Waals surface area contributed by atoms with Crippen LogP contribution in [0.15, 0.2) is 12.5 Å². The summed E-state index contributed by atoms with van der Waals surface area (Å²) in [7, 11) is 0. The van der Waals surface area contributed by atoms with E-state index in [0.717, 1.165) is 0 Å². The fourth-order valence-corrected chi connectivity index (χ4v) is 1.16. The summed E-state index contributed by atoms with van der Waals surface area (Å²) in [6, 6.07) is 0. The Bertz CT molecular complexity index is 456. The summed E-state index contributed by atoms with van der Waals surface area (Å²) in [5.41, 5.74) is 0.519. The van der Waals surface area contributed by atoms with Crippen LogP contribution in [0.25, 0.3) is 5.65 Å². The summed E-state index contributed by atoms with van der Waals surface area (Å²) >= 11 is 0. The van der Waals surface area contributed by atoms with Gasteiger partial charge in [0.2, 0.25) is 0 Å². The van der Waals surface area contributed by atoms with Gasteiger partial charge in [-0.25, -0.2) is 4.98 Å². The van der Waals surface area contributed by atoms with Crippen LogP contribution in [-0.2, 0) is 11.3 Å². The molecule has 2 aromatic heterocycles. The highest BCUT2D eigenvalue weighted by molar-refractivity contribution is 5.31. The standard InChI is InChI=1S/C8H11N5O3/c14-2-6(3-15)16-4-8-12-11-7-1-9-5-10-13(7)8/h1,5-6,14-15H,2-4H2. The van der Waals surface area contributed by atoms with Gasteiger partial charge in [-0.15, -0.1) is 10.2 Å². The number of hydrogen-bond acceptors (Lipinski definition) is 7. The number of fused-ring (bicyclic) bond motifs is 1. The van der Waals surface area contributed by atoms with Gasteiger partial charge in [0.15, 0.2) is 11.5 Å². The third-order valence-corrected chi connectivity index (χ3v) is 2.01. The maximum atomic E-state index is 8.81. The van der Waals surface area contributed by atoms with Gasteiger partial charge in [-0.2, -0.15) is 9.61 Å². The summed E-state index contributed by atoms with van der Waals surface area (Å²) in [6.07, 6.45) is 2.28. The first-order valence-electron chi connectivity index (χ1n) is 4.68. The summed E-state index contributed by atoms with van der Waals surface area (Å²) in [6.45, 7) is -0.381. The monoisotopic (exact) mass is 225 g/mol. The highest BCUT2D eigenvalue weighted by Crippen LogP contribution is 2.02. The van der Waals surface area contributed by atoms with Crippen molar-refractivity contribution in [3.63, 3.8) is 0 Å². The predicted octanol–water partition coefficient (Wildman–Crippen LogP) is -1.61. The smallest absolute Gasteiger partial charge is 0.196 e. The van der Waals surface area contributed by atoms with Crippen molar-refractivity contribution in [2.45, 2.75) is 12.7 Å². The van der Waals surface area contributed by atoms with Crippen molar-refractivity contribution >= 4 is 5.65 Å². The molecule has 0 aliphatic heterocycles. The Morgan fingerprint density at radius 2 is 2.12 bits per heavy atom. The molecule has 0 atom stereocenters. The highest BCUT2D eigenvalue weighted by atomic mass is 16.5. The molecule has 8 nitrogen and oxygen atoms in total. The zero-order valence-corrected chi connectivity index (χ0v) is 8.39. The minimum atomic E-state index is -0.616. The fraction of sp³-hybridized carbons (Fsp3) is 0.500. The molecule has 8 heteroatoms. The molecule has 0 saturated carbocycles. The van der Waals surface area contributed by atoms with Gasteiger partial charge in [-0.05, 0) is 0 Å². The molecule has 0 unspecified atom stereocenters. The zero-order valence-electron chi connectivity index (χ0n) is 8.39. The Kier molecular flexibility index (Phi) is 3.34. The average molecular weight is 225 g/mol. The summed E-state index contributed by atoms with van der Waals surface area (Å²) in [5.74, 6) is 0.490. The van der Waals surface area contributed by atoms with E-state index in [0.29, 0.717) is 11.5 Å². The predicted molar refractivity (Wildman–Crippen MR) is 51.3 cm³/mol. The van der Waals surface area contributed by atoms with Crippen LogP contribution in [0.5, 0.6) is 0 Å². The lowest BCUT2D eigenvalue weighted by atomic mass is 10.4. The van der Waals surface area contributed by atoms with E-state index in [4.69, 9.17) is 14.9 Å². The van der Waals surface area contributed by atoms with E-state index < -0.39 is 6.10 Å². The van der Waals surface area contributed by atoms with Crippen molar-refractivity contribution in [1.82, 2.24) is 24.8 Å². The maximum Gasteiger partial charge on any atom is 0.196 e. The maximum absolute atomic E-state index is 8.81. The van der Waals surface area contributed by atoms with Gasteiger partial charge >= 0.3 is 0 Å². The molecule has 0 bridgehead atoms. The normalized spacial score (nSPS) is 11.4. The molecule has 2 rings (SSSR count). The largest absolute Gasteiger partial charge is 0.394 e. The first-order valence-corrected chi connectivity index (χ1v) is 4.68. The van der Waals surface area contributed by atoms with Gasteiger partial charge in [0.25, 0.3) is 0 Å². The van der Waals surface area contributed by atoms with Crippen molar-refractivity contribution in [1.29, 1.82) is 0 Å². The van der Waals surface area contributed by atoms with Crippen LogP contribution in [0, 0.1) is 0 Å². The number of rotatable bonds is 5. The van der Waals surface area contributed by atoms with Crippen LogP contribution in [0.4, 0.5) is 0 Å². The molecule has 0 amide bonds. The summed E-state index contributed by atoms with van der Waals surface area (Å²) < 4.78 is 6.69. The molecular formula is C8H11N5O3. The second kappa shape index (κ2) is 4.92. The average Bonchev–Trinajstić information content (AvgIpc) is 2.74. The van der Waals surface area contributed by atoms with Crippen molar-refractivity contribution in [2.75, 3.05) is 13.2 Å². The zero-order chi connectivity index (χ0) is 11.4. The SMILES string of the molecule is OCC(CO)OCc1nnc2cncnn12. The second-order valence-corrected chi connectivity index (χ2v) is 3.09. The molecule has 0 spiro atoms. The van der Waals surface area contributed by atoms with E-state index in [1.54, 1.807) is 0 Å². The first kappa shape index (κ1) is 10.9. The molecule has 86 valence electrons. The number of hydrogen-bond donors (Lipinski definition) is 2. The van der Waals surface area contributed by atoms with Gasteiger partial charge in [0.1, 0.15) is 19.0 Å². The van der Waals surface area contributed by atoms with E-state index >= 15 is 0 Å². The van der Waals surface area contributed by atoms with Crippen LogP contribution in [0.1, 0.15) is 5.82 Å². The van der Waals surface area contributed by atoms with Crippen LogP contribution < -0.4 is 0 Å². The molecule has 2 N–H and O–H groups in total. The minimum absolute atomic E-state index is 0.115. The van der Waals surface area contributed by atoms with E-state index in [-0.39, 0.29) is 19.8 Å². The molecule has 0 fully saturated rings. The van der Waals surface area contributed by atoms with Gasteiger partial charge < -0.3 is 14.9 Å². The lowest BCUT2D eigenvalue weighted by Crippen LogP contribution is -2.22. The Balaban J connectivity index is 2.09. The number of aromatic nitrogens is 5. The fourth-order valence-electron chi connectivity index (χ4n) is 1.16. The molecule has 0 saturated heterocycles. The Morgan fingerprint density at radius 1 is 1.31 bits per heavy atom. The first-order chi connectivity index (χ1) is 7.85. The Hall–Kier alpha value is -1.64. The minimum Gasteiger partial charge on any atom is -0.394 e. The third kappa shape index (κ3) is 2.13. The van der Waals surface area contributed by atoms with Crippen LogP contribution in [-0.4, -0.2) is 54.3 Å². The molecule has 0 radical (unpaired) electrons. The van der Waals surface area contributed by atoms with Crippen molar-refractivity contribution in [3.05, 3.63) is 18.3 Å². The van der Waals surface area contributed by atoms with Gasteiger partial charge in [0.05, 0.1) is 19.4 Å². The number of aliphatic hydroxyl groups is 2. The van der Waals surface area contributed by atoms with E-state index in [2.05, 4.69) is 20.3 Å². The third-order valence-electron chi connectivity index (χ3n) is 2.01. The molecular weight excluding hydrogens is 214 g/mol. The highest BCUT2D eigenvalue weighted by Gasteiger charge is 2.10. The van der Waals surface area contributed by atoms with Gasteiger partial charge in [0, 0.05) is 0 Å². The molecule has 16 heavy (non-hydrogen) atoms. The molecule has 0 aliphatic carbocycles. The number of aliphatic hydroxyl groups excluding tert-OH is 2. The van der Waals surface area contributed by atoms with E-state index in [1.165, 1.54) is 17.0 Å². The number of ether oxygens (including phenoxy) is 1. The van der Waals surface area contributed by atoms with Gasteiger partial charge in [-0.3, -0.25) is 0 Å². The van der Waals surface area contributed by atoms with Crippen molar-refractivity contribution < 1.29 is 14.9 Å². The van der Waals surface area contributed by atoms with Crippen LogP contribution in [0.3, 0.4) is 0 Å². The second-order valence-electron chi connectivity index (χ2n) is 3.09. The molecule has 2 heterocycles. The quantitative estimate of drug-likeness (QED) is 0.630. The lowest BCUT2D eigenvalue weighted by Gasteiger charge is -2.10. The molecule has 2 aromatic rings. The van der Waals surface area contributed by atoms with Crippen LogP contribution >= 0.6 is 0 Å². The molecule has 0 aromatic carbocycles.